The van der Waals surface area contributed by atoms with Gasteiger partial charge < -0.3 is 4.74 Å². The van der Waals surface area contributed by atoms with Gasteiger partial charge in [0.05, 0.1) is 6.61 Å². The Balaban J connectivity index is 1.36. The summed E-state index contributed by atoms with van der Waals surface area (Å²) in [5.74, 6) is 3.66. The SMILES string of the molecule is CCCCCc1cnc(-c2ccc(OCCCC3CCC(CCC)CC3)cc2)nc1. The Kier molecular flexibility index (Phi) is 9.66. The third-order valence-electron chi connectivity index (χ3n) is 6.58. The fraction of sp³-hybridized carbons (Fsp3) is 0.630. The lowest BCUT2D eigenvalue weighted by atomic mass is 9.78. The minimum Gasteiger partial charge on any atom is -0.494 e. The summed E-state index contributed by atoms with van der Waals surface area (Å²) in [6.45, 7) is 5.36. The zero-order valence-electron chi connectivity index (χ0n) is 19.1. The van der Waals surface area contributed by atoms with Gasteiger partial charge in [-0.3, -0.25) is 0 Å². The molecule has 0 bridgehead atoms. The average molecular weight is 409 g/mol. The Hall–Kier alpha value is -1.90. The normalized spacial score (nSPS) is 19.0. The molecule has 2 aromatic rings. The average Bonchev–Trinajstić information content (AvgIpc) is 2.79. The van der Waals surface area contributed by atoms with Gasteiger partial charge in [-0.25, -0.2) is 9.97 Å². The van der Waals surface area contributed by atoms with Crippen LogP contribution in [0.1, 0.15) is 90.0 Å². The molecule has 1 heterocycles. The molecule has 0 aliphatic heterocycles. The van der Waals surface area contributed by atoms with Crippen LogP contribution >= 0.6 is 0 Å². The van der Waals surface area contributed by atoms with E-state index in [1.54, 1.807) is 0 Å². The molecule has 3 heteroatoms. The molecule has 0 amide bonds. The molecule has 1 fully saturated rings. The van der Waals surface area contributed by atoms with Crippen molar-refractivity contribution in [3.8, 4) is 17.1 Å². The van der Waals surface area contributed by atoms with Gasteiger partial charge in [0.15, 0.2) is 5.82 Å². The first-order valence-electron chi connectivity index (χ1n) is 12.3. The number of ether oxygens (including phenoxy) is 1. The van der Waals surface area contributed by atoms with Crippen molar-refractivity contribution in [2.24, 2.45) is 11.8 Å². The lowest BCUT2D eigenvalue weighted by molar-refractivity contribution is 0.230. The number of unbranched alkanes of at least 4 members (excludes halogenated alkanes) is 2. The Morgan fingerprint density at radius 2 is 1.47 bits per heavy atom. The molecule has 164 valence electrons. The van der Waals surface area contributed by atoms with Crippen molar-refractivity contribution >= 4 is 0 Å². The van der Waals surface area contributed by atoms with Crippen LogP contribution in [-0.4, -0.2) is 16.6 Å². The number of hydrogen-bond donors (Lipinski definition) is 0. The van der Waals surface area contributed by atoms with Gasteiger partial charge in [-0.05, 0) is 67.3 Å². The lowest BCUT2D eigenvalue weighted by Gasteiger charge is -2.28. The van der Waals surface area contributed by atoms with Crippen LogP contribution in [0.4, 0.5) is 0 Å². The first kappa shape index (κ1) is 22.8. The van der Waals surface area contributed by atoms with Crippen molar-refractivity contribution in [2.45, 2.75) is 90.9 Å². The quantitative estimate of drug-likeness (QED) is 0.338. The zero-order chi connectivity index (χ0) is 21.0. The Morgan fingerprint density at radius 3 is 2.10 bits per heavy atom. The Bertz CT molecular complexity index is 703. The topological polar surface area (TPSA) is 35.0 Å². The van der Waals surface area contributed by atoms with E-state index in [1.807, 2.05) is 24.5 Å². The lowest BCUT2D eigenvalue weighted by Crippen LogP contribution is -2.15. The molecule has 0 radical (unpaired) electrons. The summed E-state index contributed by atoms with van der Waals surface area (Å²) in [5, 5.41) is 0. The predicted molar refractivity (Wildman–Crippen MR) is 126 cm³/mol. The fourth-order valence-corrected chi connectivity index (χ4v) is 4.69. The third kappa shape index (κ3) is 7.41. The first-order valence-corrected chi connectivity index (χ1v) is 12.3. The van der Waals surface area contributed by atoms with E-state index in [-0.39, 0.29) is 0 Å². The van der Waals surface area contributed by atoms with Gasteiger partial charge in [-0.2, -0.15) is 0 Å². The van der Waals surface area contributed by atoms with E-state index in [1.165, 1.54) is 69.8 Å². The van der Waals surface area contributed by atoms with Gasteiger partial charge in [0.2, 0.25) is 0 Å². The molecule has 0 unspecified atom stereocenters. The highest BCUT2D eigenvalue weighted by molar-refractivity contribution is 5.55. The number of hydrogen-bond acceptors (Lipinski definition) is 3. The number of nitrogens with zero attached hydrogens (tertiary/aromatic N) is 2. The van der Waals surface area contributed by atoms with Crippen LogP contribution in [0, 0.1) is 11.8 Å². The van der Waals surface area contributed by atoms with Gasteiger partial charge in [0.1, 0.15) is 5.75 Å². The summed E-state index contributed by atoms with van der Waals surface area (Å²) in [5.41, 5.74) is 2.28. The summed E-state index contributed by atoms with van der Waals surface area (Å²) < 4.78 is 5.98. The second-order valence-electron chi connectivity index (χ2n) is 9.06. The maximum Gasteiger partial charge on any atom is 0.159 e. The van der Waals surface area contributed by atoms with Crippen molar-refractivity contribution in [1.29, 1.82) is 0 Å². The standard InChI is InChI=1S/C27H40N2O/c1-3-5-6-9-24-20-28-27(29-21-24)25-15-17-26(18-16-25)30-19-7-10-23-13-11-22(8-4-2)12-14-23/h15-18,20-23H,3-14,19H2,1-2H3. The summed E-state index contributed by atoms with van der Waals surface area (Å²) in [6.07, 6.45) is 19.7. The molecule has 1 aliphatic carbocycles. The zero-order valence-corrected chi connectivity index (χ0v) is 19.1. The molecular formula is C27H40N2O. The van der Waals surface area contributed by atoms with E-state index in [4.69, 9.17) is 4.74 Å². The second-order valence-corrected chi connectivity index (χ2v) is 9.06. The van der Waals surface area contributed by atoms with E-state index in [0.717, 1.165) is 48.4 Å². The van der Waals surface area contributed by atoms with Crippen molar-refractivity contribution in [3.05, 3.63) is 42.2 Å². The molecule has 1 aliphatic rings. The fourth-order valence-electron chi connectivity index (χ4n) is 4.69. The smallest absolute Gasteiger partial charge is 0.159 e. The third-order valence-corrected chi connectivity index (χ3v) is 6.58. The molecule has 3 rings (SSSR count). The Labute approximate surface area is 183 Å². The summed E-state index contributed by atoms with van der Waals surface area (Å²) in [6, 6.07) is 8.22. The molecule has 1 aromatic heterocycles. The molecule has 0 N–H and O–H groups in total. The summed E-state index contributed by atoms with van der Waals surface area (Å²) in [7, 11) is 0. The van der Waals surface area contributed by atoms with E-state index >= 15 is 0 Å². The van der Waals surface area contributed by atoms with Gasteiger partial charge in [0.25, 0.3) is 0 Å². The van der Waals surface area contributed by atoms with Crippen LogP contribution in [0.2, 0.25) is 0 Å². The van der Waals surface area contributed by atoms with Crippen LogP contribution in [0.15, 0.2) is 36.7 Å². The number of rotatable bonds is 12. The van der Waals surface area contributed by atoms with E-state index in [2.05, 4.69) is 35.9 Å². The molecule has 1 saturated carbocycles. The number of benzene rings is 1. The maximum absolute atomic E-state index is 5.98. The monoisotopic (exact) mass is 408 g/mol. The first-order chi connectivity index (χ1) is 14.8. The second kappa shape index (κ2) is 12.7. The van der Waals surface area contributed by atoms with Crippen molar-refractivity contribution in [3.63, 3.8) is 0 Å². The molecule has 0 saturated heterocycles. The van der Waals surface area contributed by atoms with Crippen molar-refractivity contribution < 1.29 is 4.74 Å². The molecular weight excluding hydrogens is 368 g/mol. The van der Waals surface area contributed by atoms with Crippen LogP contribution in [0.3, 0.4) is 0 Å². The van der Waals surface area contributed by atoms with E-state index < -0.39 is 0 Å². The highest BCUT2D eigenvalue weighted by atomic mass is 16.5. The minimum absolute atomic E-state index is 0.791. The molecule has 30 heavy (non-hydrogen) atoms. The molecule has 0 spiro atoms. The Morgan fingerprint density at radius 1 is 0.800 bits per heavy atom. The highest BCUT2D eigenvalue weighted by Crippen LogP contribution is 2.33. The van der Waals surface area contributed by atoms with Gasteiger partial charge >= 0.3 is 0 Å². The van der Waals surface area contributed by atoms with E-state index in [0.29, 0.717) is 0 Å². The van der Waals surface area contributed by atoms with Crippen molar-refractivity contribution in [2.75, 3.05) is 6.61 Å². The minimum atomic E-state index is 0.791. The van der Waals surface area contributed by atoms with Crippen molar-refractivity contribution in [1.82, 2.24) is 9.97 Å². The summed E-state index contributed by atoms with van der Waals surface area (Å²) in [4.78, 5) is 9.10. The van der Waals surface area contributed by atoms with E-state index in [9.17, 15) is 0 Å². The van der Waals surface area contributed by atoms with Gasteiger partial charge in [-0.1, -0.05) is 65.2 Å². The molecule has 0 atom stereocenters. The summed E-state index contributed by atoms with van der Waals surface area (Å²) >= 11 is 0. The number of aryl methyl sites for hydroxylation is 1. The van der Waals surface area contributed by atoms with Crippen LogP contribution in [-0.2, 0) is 6.42 Å². The molecule has 3 nitrogen and oxygen atoms in total. The largest absolute Gasteiger partial charge is 0.494 e. The highest BCUT2D eigenvalue weighted by Gasteiger charge is 2.20. The van der Waals surface area contributed by atoms with Gasteiger partial charge in [0, 0.05) is 18.0 Å². The maximum atomic E-state index is 5.98. The predicted octanol–water partition coefficient (Wildman–Crippen LogP) is 7.64. The van der Waals surface area contributed by atoms with Gasteiger partial charge in [-0.15, -0.1) is 0 Å². The number of aromatic nitrogens is 2. The molecule has 1 aromatic carbocycles. The van der Waals surface area contributed by atoms with Crippen LogP contribution < -0.4 is 4.74 Å². The van der Waals surface area contributed by atoms with Crippen LogP contribution in [0.25, 0.3) is 11.4 Å². The van der Waals surface area contributed by atoms with Crippen LogP contribution in [0.5, 0.6) is 5.75 Å².